The Kier molecular flexibility index (Phi) is 5.25. The van der Waals surface area contributed by atoms with Crippen LogP contribution in [0.5, 0.6) is 0 Å². The monoisotopic (exact) mass is 365 g/mol. The van der Waals surface area contributed by atoms with Crippen LogP contribution in [0, 0.1) is 5.82 Å². The maximum Gasteiger partial charge on any atom is 0.408 e. The predicted octanol–water partition coefficient (Wildman–Crippen LogP) is 2.73. The van der Waals surface area contributed by atoms with Crippen molar-refractivity contribution >= 4 is 23.7 Å². The van der Waals surface area contributed by atoms with Gasteiger partial charge in [-0.2, -0.15) is 0 Å². The number of hydrogen-bond acceptors (Lipinski definition) is 4. The zero-order valence-corrected chi connectivity index (χ0v) is 15.6. The minimum Gasteiger partial charge on any atom is -0.444 e. The van der Waals surface area contributed by atoms with Crippen LogP contribution >= 0.6 is 0 Å². The van der Waals surface area contributed by atoms with Crippen molar-refractivity contribution in [2.75, 3.05) is 11.4 Å². The summed E-state index contributed by atoms with van der Waals surface area (Å²) in [7, 11) is 0. The van der Waals surface area contributed by atoms with Gasteiger partial charge in [0.05, 0.1) is 5.69 Å². The van der Waals surface area contributed by atoms with Crippen LogP contribution in [-0.2, 0) is 16.0 Å². The van der Waals surface area contributed by atoms with Gasteiger partial charge in [0.1, 0.15) is 18.0 Å². The highest BCUT2D eigenvalue weighted by atomic mass is 19.1. The molecule has 1 saturated heterocycles. The number of carbonyl (C=O) groups is 3. The van der Waals surface area contributed by atoms with Gasteiger partial charge in [0.2, 0.25) is 5.91 Å². The maximum atomic E-state index is 13.7. The molecular formula is C18H24FN3O4. The van der Waals surface area contributed by atoms with Crippen molar-refractivity contribution in [3.63, 3.8) is 0 Å². The molecule has 2 N–H and O–H groups in total. The molecule has 0 unspecified atom stereocenters. The van der Waals surface area contributed by atoms with Gasteiger partial charge in [0.25, 0.3) is 0 Å². The smallest absolute Gasteiger partial charge is 0.408 e. The van der Waals surface area contributed by atoms with Gasteiger partial charge >= 0.3 is 12.1 Å². The number of imide groups is 1. The highest BCUT2D eigenvalue weighted by Crippen LogP contribution is 2.27. The number of ether oxygens (including phenoxy) is 1. The Morgan fingerprint density at radius 3 is 2.46 bits per heavy atom. The van der Waals surface area contributed by atoms with Gasteiger partial charge in [-0.05, 0) is 58.7 Å². The molecule has 0 saturated carbocycles. The molecule has 0 aliphatic carbocycles. The Balaban J connectivity index is 2.22. The van der Waals surface area contributed by atoms with Gasteiger partial charge in [-0.1, -0.05) is 6.07 Å². The zero-order chi connectivity index (χ0) is 19.7. The van der Waals surface area contributed by atoms with E-state index in [2.05, 4.69) is 10.6 Å². The van der Waals surface area contributed by atoms with Crippen LogP contribution in [0.25, 0.3) is 0 Å². The summed E-state index contributed by atoms with van der Waals surface area (Å²) >= 11 is 0. The highest BCUT2D eigenvalue weighted by Gasteiger charge is 2.32. The minimum absolute atomic E-state index is 0.171. The summed E-state index contributed by atoms with van der Waals surface area (Å²) in [6, 6.07) is 3.42. The second-order valence-electron chi connectivity index (χ2n) is 7.90. The first-order valence-electron chi connectivity index (χ1n) is 8.27. The number of amides is 4. The third kappa shape index (κ3) is 5.18. The average Bonchev–Trinajstić information content (AvgIpc) is 2.76. The molecule has 0 aromatic heterocycles. The molecule has 8 heteroatoms. The van der Waals surface area contributed by atoms with Crippen LogP contribution in [-0.4, -0.2) is 35.7 Å². The minimum atomic E-state index is -0.727. The molecule has 0 atom stereocenters. The molecular weight excluding hydrogens is 341 g/mol. The first kappa shape index (κ1) is 19.7. The van der Waals surface area contributed by atoms with Gasteiger partial charge in [0, 0.05) is 5.54 Å². The molecule has 1 aromatic carbocycles. The molecule has 0 spiro atoms. The number of urea groups is 1. The lowest BCUT2D eigenvalue weighted by molar-refractivity contribution is -0.117. The van der Waals surface area contributed by atoms with E-state index in [-0.39, 0.29) is 6.54 Å². The number of carbonyl (C=O) groups excluding carboxylic acids is 3. The topological polar surface area (TPSA) is 87.7 Å². The summed E-state index contributed by atoms with van der Waals surface area (Å²) in [5, 5.41) is 4.94. The van der Waals surface area contributed by atoms with Crippen molar-refractivity contribution in [2.24, 2.45) is 0 Å². The number of benzene rings is 1. The largest absolute Gasteiger partial charge is 0.444 e. The van der Waals surface area contributed by atoms with Crippen molar-refractivity contribution in [1.29, 1.82) is 0 Å². The number of halogens is 1. The molecule has 1 aliphatic rings. The summed E-state index contributed by atoms with van der Waals surface area (Å²) in [6.45, 7) is 8.70. The van der Waals surface area contributed by atoms with Crippen LogP contribution in [0.2, 0.25) is 0 Å². The summed E-state index contributed by atoms with van der Waals surface area (Å²) in [6.07, 6.45) is -0.264. The van der Waals surface area contributed by atoms with Crippen LogP contribution in [0.4, 0.5) is 19.7 Å². The van der Waals surface area contributed by atoms with E-state index in [1.54, 1.807) is 40.7 Å². The first-order valence-corrected chi connectivity index (χ1v) is 8.27. The molecule has 142 valence electrons. The average molecular weight is 365 g/mol. The van der Waals surface area contributed by atoms with Crippen LogP contribution in [0.3, 0.4) is 0 Å². The van der Waals surface area contributed by atoms with Crippen LogP contribution in [0.1, 0.15) is 40.2 Å². The van der Waals surface area contributed by atoms with Crippen LogP contribution < -0.4 is 15.5 Å². The number of hydrogen-bond donors (Lipinski definition) is 2. The highest BCUT2D eigenvalue weighted by molar-refractivity contribution is 6.12. The lowest BCUT2D eigenvalue weighted by Crippen LogP contribution is -2.47. The van der Waals surface area contributed by atoms with E-state index in [0.29, 0.717) is 17.7 Å². The quantitative estimate of drug-likeness (QED) is 0.803. The standard InChI is InChI=1S/C18H24FN3O4/c1-17(2,3)26-16(25)21-18(4,5)9-11-6-7-12(19)8-13(11)22-10-14(23)20-15(22)24/h6-8H,9-10H2,1-5H3,(H,21,25)(H,20,23,24). The molecule has 2 rings (SSSR count). The maximum absolute atomic E-state index is 13.7. The Labute approximate surface area is 151 Å². The Morgan fingerprint density at radius 2 is 1.92 bits per heavy atom. The summed E-state index contributed by atoms with van der Waals surface area (Å²) in [5.41, 5.74) is -0.436. The fourth-order valence-electron chi connectivity index (χ4n) is 2.67. The third-order valence-electron chi connectivity index (χ3n) is 3.60. The summed E-state index contributed by atoms with van der Waals surface area (Å²) in [4.78, 5) is 36.6. The molecule has 0 radical (unpaired) electrons. The van der Waals surface area contributed by atoms with Crippen molar-refractivity contribution in [3.8, 4) is 0 Å². The van der Waals surface area contributed by atoms with Gasteiger partial charge in [-0.25, -0.2) is 14.0 Å². The number of rotatable bonds is 4. The van der Waals surface area contributed by atoms with Crippen molar-refractivity contribution in [3.05, 3.63) is 29.6 Å². The van der Waals surface area contributed by atoms with E-state index in [4.69, 9.17) is 4.74 Å². The number of anilines is 1. The fourth-order valence-corrected chi connectivity index (χ4v) is 2.67. The second kappa shape index (κ2) is 6.93. The molecule has 7 nitrogen and oxygen atoms in total. The van der Waals surface area contributed by atoms with E-state index in [0.717, 1.165) is 0 Å². The fraction of sp³-hybridized carbons (Fsp3) is 0.500. The molecule has 4 amide bonds. The number of nitrogens with zero attached hydrogens (tertiary/aromatic N) is 1. The lowest BCUT2D eigenvalue weighted by atomic mass is 9.93. The Bertz CT molecular complexity index is 740. The Morgan fingerprint density at radius 1 is 1.27 bits per heavy atom. The number of alkyl carbamates (subject to hydrolysis) is 1. The van der Waals surface area contributed by atoms with Crippen molar-refractivity contribution in [2.45, 2.75) is 52.2 Å². The molecule has 1 heterocycles. The van der Waals surface area contributed by atoms with Gasteiger partial charge in [-0.15, -0.1) is 0 Å². The third-order valence-corrected chi connectivity index (χ3v) is 3.60. The molecule has 26 heavy (non-hydrogen) atoms. The van der Waals surface area contributed by atoms with E-state index in [1.165, 1.54) is 17.0 Å². The van der Waals surface area contributed by atoms with E-state index >= 15 is 0 Å². The SMILES string of the molecule is CC(C)(Cc1ccc(F)cc1N1CC(=O)NC1=O)NC(=O)OC(C)(C)C. The summed E-state index contributed by atoms with van der Waals surface area (Å²) in [5.74, 6) is -0.967. The van der Waals surface area contributed by atoms with Crippen LogP contribution in [0.15, 0.2) is 18.2 Å². The number of nitrogens with one attached hydrogen (secondary N) is 2. The van der Waals surface area contributed by atoms with Crippen molar-refractivity contribution in [1.82, 2.24) is 10.6 Å². The van der Waals surface area contributed by atoms with Gasteiger partial charge in [-0.3, -0.25) is 15.0 Å². The predicted molar refractivity (Wildman–Crippen MR) is 94.4 cm³/mol. The van der Waals surface area contributed by atoms with E-state index < -0.39 is 35.0 Å². The molecule has 0 bridgehead atoms. The Hall–Kier alpha value is -2.64. The normalized spacial score (nSPS) is 15.1. The lowest BCUT2D eigenvalue weighted by Gasteiger charge is -2.30. The van der Waals surface area contributed by atoms with Crippen molar-refractivity contribution < 1.29 is 23.5 Å². The summed E-state index contributed by atoms with van der Waals surface area (Å²) < 4.78 is 19.0. The van der Waals surface area contributed by atoms with Gasteiger partial charge in [0.15, 0.2) is 0 Å². The molecule has 1 aliphatic heterocycles. The second-order valence-corrected chi connectivity index (χ2v) is 7.90. The van der Waals surface area contributed by atoms with E-state index in [1.807, 2.05) is 0 Å². The zero-order valence-electron chi connectivity index (χ0n) is 15.6. The first-order chi connectivity index (χ1) is 11.9. The van der Waals surface area contributed by atoms with Gasteiger partial charge < -0.3 is 10.1 Å². The van der Waals surface area contributed by atoms with E-state index in [9.17, 15) is 18.8 Å². The molecule has 1 fully saturated rings. The molecule has 1 aromatic rings.